The number of hydrogen-bond donors (Lipinski definition) is 2. The summed E-state index contributed by atoms with van der Waals surface area (Å²) in [7, 11) is 3.64. The summed E-state index contributed by atoms with van der Waals surface area (Å²) in [5.41, 5.74) is 2.19. The van der Waals surface area contributed by atoms with Crippen molar-refractivity contribution in [1.29, 1.82) is 0 Å². The SMILES string of the molecule is CNc1snc(C)c1C(=O)N[C@@H]1CC(=O)N(C2CC2)[C@H]1c1ccnn1C. The van der Waals surface area contributed by atoms with Crippen molar-refractivity contribution in [2.24, 2.45) is 7.05 Å². The van der Waals surface area contributed by atoms with Gasteiger partial charge in [0.1, 0.15) is 5.00 Å². The molecule has 8 nitrogen and oxygen atoms in total. The number of rotatable bonds is 5. The molecular weight excluding hydrogens is 352 g/mol. The second-order valence-electron chi connectivity index (χ2n) is 6.86. The van der Waals surface area contributed by atoms with E-state index >= 15 is 0 Å². The standard InChI is InChI=1S/C17H22N6O2S/c1-9-14(17(18-2)26-21-9)16(25)20-11-8-13(24)23(10-4-5-10)15(11)12-6-7-19-22(12)3/h6-7,10-11,15,18H,4-5,8H2,1-3H3,(H,20,25)/t11-,15-/m1/s1. The van der Waals surface area contributed by atoms with Crippen LogP contribution in [0.4, 0.5) is 5.00 Å². The summed E-state index contributed by atoms with van der Waals surface area (Å²) < 4.78 is 6.05. The monoisotopic (exact) mass is 374 g/mol. The van der Waals surface area contributed by atoms with Crippen molar-refractivity contribution < 1.29 is 9.59 Å². The lowest BCUT2D eigenvalue weighted by molar-refractivity contribution is -0.129. The van der Waals surface area contributed by atoms with Crippen LogP contribution >= 0.6 is 11.5 Å². The maximum atomic E-state index is 12.9. The van der Waals surface area contributed by atoms with Gasteiger partial charge in [0.2, 0.25) is 5.91 Å². The second kappa shape index (κ2) is 6.39. The topological polar surface area (TPSA) is 92.2 Å². The van der Waals surface area contributed by atoms with E-state index in [-0.39, 0.29) is 29.9 Å². The molecule has 1 saturated heterocycles. The van der Waals surface area contributed by atoms with Crippen LogP contribution in [0.2, 0.25) is 0 Å². The molecule has 9 heteroatoms. The van der Waals surface area contributed by atoms with Gasteiger partial charge in [-0.05, 0) is 37.4 Å². The summed E-state index contributed by atoms with van der Waals surface area (Å²) in [4.78, 5) is 27.5. The van der Waals surface area contributed by atoms with Crippen LogP contribution in [0, 0.1) is 6.92 Å². The molecule has 1 aliphatic heterocycles. The minimum atomic E-state index is -0.282. The van der Waals surface area contributed by atoms with Crippen molar-refractivity contribution in [3.05, 3.63) is 29.2 Å². The predicted molar refractivity (Wildman–Crippen MR) is 98.1 cm³/mol. The van der Waals surface area contributed by atoms with E-state index in [0.29, 0.717) is 17.7 Å². The average Bonchev–Trinajstić information content (AvgIpc) is 3.11. The van der Waals surface area contributed by atoms with E-state index in [1.165, 1.54) is 11.5 Å². The molecule has 0 radical (unpaired) electrons. The fraction of sp³-hybridized carbons (Fsp3) is 0.529. The number of aryl methyl sites for hydroxylation is 2. The van der Waals surface area contributed by atoms with Crippen LogP contribution in [-0.2, 0) is 11.8 Å². The maximum Gasteiger partial charge on any atom is 0.256 e. The molecular formula is C17H22N6O2S. The van der Waals surface area contributed by atoms with Gasteiger partial charge in [0.25, 0.3) is 5.91 Å². The fourth-order valence-corrected chi connectivity index (χ4v) is 4.48. The van der Waals surface area contributed by atoms with Crippen LogP contribution in [0.1, 0.15) is 47.1 Å². The van der Waals surface area contributed by atoms with Crippen LogP contribution < -0.4 is 10.6 Å². The van der Waals surface area contributed by atoms with Crippen molar-refractivity contribution >= 4 is 28.3 Å². The van der Waals surface area contributed by atoms with Crippen LogP contribution in [-0.4, -0.2) is 50.0 Å². The average molecular weight is 374 g/mol. The highest BCUT2D eigenvalue weighted by molar-refractivity contribution is 7.10. The maximum absolute atomic E-state index is 12.9. The Labute approximate surface area is 155 Å². The van der Waals surface area contributed by atoms with Crippen molar-refractivity contribution in [3.8, 4) is 0 Å². The first-order chi connectivity index (χ1) is 12.5. The van der Waals surface area contributed by atoms with Gasteiger partial charge in [-0.1, -0.05) is 0 Å². The number of amides is 2. The molecule has 2 fully saturated rings. The highest BCUT2D eigenvalue weighted by Crippen LogP contribution is 2.41. The Balaban J connectivity index is 1.64. The number of carbonyl (C=O) groups excluding carboxylic acids is 2. The smallest absolute Gasteiger partial charge is 0.256 e. The van der Waals surface area contributed by atoms with Gasteiger partial charge in [0.15, 0.2) is 0 Å². The molecule has 0 bridgehead atoms. The highest BCUT2D eigenvalue weighted by atomic mass is 32.1. The van der Waals surface area contributed by atoms with E-state index in [1.807, 2.05) is 24.9 Å². The zero-order valence-electron chi connectivity index (χ0n) is 15.0. The van der Waals surface area contributed by atoms with Crippen molar-refractivity contribution in [2.45, 2.75) is 44.3 Å². The first kappa shape index (κ1) is 17.0. The predicted octanol–water partition coefficient (Wildman–Crippen LogP) is 1.46. The van der Waals surface area contributed by atoms with E-state index in [2.05, 4.69) is 20.1 Å². The van der Waals surface area contributed by atoms with E-state index in [9.17, 15) is 9.59 Å². The van der Waals surface area contributed by atoms with Crippen LogP contribution in [0.25, 0.3) is 0 Å². The number of nitrogens with zero attached hydrogens (tertiary/aromatic N) is 4. The van der Waals surface area contributed by atoms with Gasteiger partial charge in [-0.15, -0.1) is 0 Å². The highest BCUT2D eigenvalue weighted by Gasteiger charge is 2.48. The van der Waals surface area contributed by atoms with Gasteiger partial charge < -0.3 is 15.5 Å². The Kier molecular flexibility index (Phi) is 4.18. The van der Waals surface area contributed by atoms with Crippen LogP contribution in [0.5, 0.6) is 0 Å². The second-order valence-corrected chi connectivity index (χ2v) is 7.64. The number of anilines is 1. The summed E-state index contributed by atoms with van der Waals surface area (Å²) in [6, 6.07) is 1.74. The lowest BCUT2D eigenvalue weighted by Gasteiger charge is -2.28. The Hall–Kier alpha value is -2.42. The first-order valence-corrected chi connectivity index (χ1v) is 9.52. The molecule has 0 unspecified atom stereocenters. The van der Waals surface area contributed by atoms with Gasteiger partial charge in [0, 0.05) is 32.8 Å². The molecule has 1 aliphatic carbocycles. The summed E-state index contributed by atoms with van der Waals surface area (Å²) >= 11 is 1.27. The molecule has 2 aromatic rings. The lowest BCUT2D eigenvalue weighted by Crippen LogP contribution is -2.41. The molecule has 138 valence electrons. The van der Waals surface area contributed by atoms with Gasteiger partial charge in [-0.25, -0.2) is 0 Å². The summed E-state index contributed by atoms with van der Waals surface area (Å²) in [6.07, 6.45) is 4.09. The number of likely N-dealkylation sites (tertiary alicyclic amines) is 1. The number of carbonyl (C=O) groups is 2. The minimum Gasteiger partial charge on any atom is -0.378 e. The van der Waals surface area contributed by atoms with Crippen molar-refractivity contribution in [1.82, 2.24) is 24.4 Å². The molecule has 2 N–H and O–H groups in total. The van der Waals surface area contributed by atoms with E-state index in [0.717, 1.165) is 23.5 Å². The minimum absolute atomic E-state index is 0.0954. The number of aromatic nitrogens is 3. The zero-order valence-corrected chi connectivity index (χ0v) is 15.8. The Morgan fingerprint density at radius 1 is 1.38 bits per heavy atom. The van der Waals surface area contributed by atoms with Crippen LogP contribution in [0.15, 0.2) is 12.3 Å². The third kappa shape index (κ3) is 2.76. The van der Waals surface area contributed by atoms with Gasteiger partial charge in [0.05, 0.1) is 29.0 Å². The lowest BCUT2D eigenvalue weighted by atomic mass is 10.0. The molecule has 4 rings (SSSR count). The fourth-order valence-electron chi connectivity index (χ4n) is 3.74. The molecule has 3 heterocycles. The normalized spacial score (nSPS) is 22.7. The third-order valence-electron chi connectivity index (χ3n) is 5.10. The largest absolute Gasteiger partial charge is 0.378 e. The molecule has 0 spiro atoms. The van der Waals surface area contributed by atoms with Gasteiger partial charge in [-0.2, -0.15) is 9.47 Å². The number of hydrogen-bond acceptors (Lipinski definition) is 6. The van der Waals surface area contributed by atoms with Crippen LogP contribution in [0.3, 0.4) is 0 Å². The molecule has 1 saturated carbocycles. The van der Waals surface area contributed by atoms with E-state index < -0.39 is 0 Å². The third-order valence-corrected chi connectivity index (χ3v) is 6.05. The molecule has 2 atom stereocenters. The molecule has 2 aliphatic rings. The molecule has 26 heavy (non-hydrogen) atoms. The molecule has 2 aromatic heterocycles. The Morgan fingerprint density at radius 3 is 2.77 bits per heavy atom. The summed E-state index contributed by atoms with van der Waals surface area (Å²) in [6.45, 7) is 1.82. The summed E-state index contributed by atoms with van der Waals surface area (Å²) in [5.74, 6) is -0.0961. The summed E-state index contributed by atoms with van der Waals surface area (Å²) in [5, 5.41) is 11.1. The molecule has 2 amide bonds. The zero-order chi connectivity index (χ0) is 18.4. The molecule has 0 aromatic carbocycles. The van der Waals surface area contributed by atoms with E-state index in [1.54, 1.807) is 17.9 Å². The Bertz CT molecular complexity index is 855. The van der Waals surface area contributed by atoms with Crippen molar-refractivity contribution in [2.75, 3.05) is 12.4 Å². The van der Waals surface area contributed by atoms with Gasteiger partial charge in [-0.3, -0.25) is 14.3 Å². The van der Waals surface area contributed by atoms with Gasteiger partial charge >= 0.3 is 0 Å². The quantitative estimate of drug-likeness (QED) is 0.827. The van der Waals surface area contributed by atoms with E-state index in [4.69, 9.17) is 0 Å². The van der Waals surface area contributed by atoms with Crippen molar-refractivity contribution in [3.63, 3.8) is 0 Å². The first-order valence-electron chi connectivity index (χ1n) is 8.75. The number of nitrogens with one attached hydrogen (secondary N) is 2. The Morgan fingerprint density at radius 2 is 2.15 bits per heavy atom.